The van der Waals surface area contributed by atoms with Gasteiger partial charge in [-0.05, 0) is 69.1 Å². The van der Waals surface area contributed by atoms with Crippen LogP contribution >= 0.6 is 23.3 Å². The van der Waals surface area contributed by atoms with Crippen LogP contribution in [0.3, 0.4) is 0 Å². The van der Waals surface area contributed by atoms with E-state index in [1.165, 1.54) is 6.92 Å². The number of nitrogens with zero attached hydrogens (tertiary/aromatic N) is 3. The summed E-state index contributed by atoms with van der Waals surface area (Å²) in [6.45, 7) is 9.70. The number of nitrogens with two attached hydrogens (primary N) is 1. The molecule has 3 aromatic rings. The Labute approximate surface area is 220 Å². The van der Waals surface area contributed by atoms with Crippen LogP contribution in [-0.4, -0.2) is 58.0 Å². The Morgan fingerprint density at radius 2 is 1.78 bits per heavy atom. The van der Waals surface area contributed by atoms with E-state index in [0.717, 1.165) is 37.3 Å². The molecule has 2 heterocycles. The minimum Gasteiger partial charge on any atom is -0.444 e. The van der Waals surface area contributed by atoms with Gasteiger partial charge in [0.25, 0.3) is 0 Å². The first-order chi connectivity index (χ1) is 17.1. The van der Waals surface area contributed by atoms with Gasteiger partial charge in [0.2, 0.25) is 5.91 Å². The van der Waals surface area contributed by atoms with E-state index in [1.54, 1.807) is 28.2 Å². The SMILES string of the molecule is CC(=O)Nc1ccc(-c2cnc(-c3ccc(N)cc3)s2)c(SN2CCN(C(=O)OC(C)(C)C)CC2)c1. The molecule has 1 saturated heterocycles. The Morgan fingerprint density at radius 3 is 2.42 bits per heavy atom. The normalized spacial score (nSPS) is 14.5. The number of carbonyl (C=O) groups excluding carboxylic acids is 2. The molecule has 0 saturated carbocycles. The second kappa shape index (κ2) is 10.9. The number of piperazine rings is 1. The Bertz CT molecular complexity index is 1230. The van der Waals surface area contributed by atoms with Gasteiger partial charge in [0.15, 0.2) is 0 Å². The van der Waals surface area contributed by atoms with Crippen LogP contribution in [0.15, 0.2) is 53.6 Å². The van der Waals surface area contributed by atoms with Crippen molar-refractivity contribution in [1.29, 1.82) is 0 Å². The number of amides is 2. The highest BCUT2D eigenvalue weighted by molar-refractivity contribution is 7.97. The van der Waals surface area contributed by atoms with Crippen LogP contribution in [0.1, 0.15) is 27.7 Å². The number of nitrogens with one attached hydrogen (secondary N) is 1. The van der Waals surface area contributed by atoms with Gasteiger partial charge < -0.3 is 20.7 Å². The summed E-state index contributed by atoms with van der Waals surface area (Å²) in [7, 11) is 0. The number of ether oxygens (including phenoxy) is 1. The van der Waals surface area contributed by atoms with Gasteiger partial charge in [-0.1, -0.05) is 6.07 Å². The van der Waals surface area contributed by atoms with Crippen molar-refractivity contribution in [3.05, 3.63) is 48.7 Å². The highest BCUT2D eigenvalue weighted by atomic mass is 32.2. The number of hydrogen-bond acceptors (Lipinski definition) is 8. The third-order valence-electron chi connectivity index (χ3n) is 5.35. The van der Waals surface area contributed by atoms with Gasteiger partial charge in [0.05, 0.1) is 4.88 Å². The topological polar surface area (TPSA) is 101 Å². The fourth-order valence-electron chi connectivity index (χ4n) is 3.67. The smallest absolute Gasteiger partial charge is 0.410 e. The number of aromatic nitrogens is 1. The van der Waals surface area contributed by atoms with Crippen LogP contribution in [-0.2, 0) is 9.53 Å². The first-order valence-corrected chi connectivity index (χ1v) is 13.3. The fourth-order valence-corrected chi connectivity index (χ4v) is 5.77. The van der Waals surface area contributed by atoms with Crippen LogP contribution in [0.4, 0.5) is 16.2 Å². The van der Waals surface area contributed by atoms with Gasteiger partial charge in [-0.2, -0.15) is 0 Å². The van der Waals surface area contributed by atoms with E-state index < -0.39 is 5.60 Å². The van der Waals surface area contributed by atoms with Crippen molar-refractivity contribution in [2.45, 2.75) is 38.2 Å². The lowest BCUT2D eigenvalue weighted by Gasteiger charge is -2.35. The second-order valence-electron chi connectivity index (χ2n) is 9.53. The predicted molar refractivity (Wildman–Crippen MR) is 147 cm³/mol. The number of anilines is 2. The third kappa shape index (κ3) is 6.77. The van der Waals surface area contributed by atoms with E-state index in [2.05, 4.69) is 14.6 Å². The summed E-state index contributed by atoms with van der Waals surface area (Å²) < 4.78 is 7.75. The number of rotatable bonds is 5. The lowest BCUT2D eigenvalue weighted by Crippen LogP contribution is -2.47. The van der Waals surface area contributed by atoms with Crippen LogP contribution in [0.25, 0.3) is 21.0 Å². The Balaban J connectivity index is 1.53. The maximum absolute atomic E-state index is 12.4. The molecule has 1 fully saturated rings. The zero-order valence-corrected chi connectivity index (χ0v) is 22.5. The molecule has 8 nitrogen and oxygen atoms in total. The molecule has 0 unspecified atom stereocenters. The summed E-state index contributed by atoms with van der Waals surface area (Å²) in [5, 5.41) is 3.79. The van der Waals surface area contributed by atoms with Gasteiger partial charge >= 0.3 is 6.09 Å². The first kappa shape index (κ1) is 26.0. The largest absolute Gasteiger partial charge is 0.444 e. The lowest BCUT2D eigenvalue weighted by molar-refractivity contribution is -0.114. The Kier molecular flexibility index (Phi) is 7.87. The molecule has 0 spiro atoms. The van der Waals surface area contributed by atoms with Crippen molar-refractivity contribution in [1.82, 2.24) is 14.2 Å². The first-order valence-electron chi connectivity index (χ1n) is 11.7. The van der Waals surface area contributed by atoms with Gasteiger partial charge in [-0.15, -0.1) is 11.3 Å². The molecule has 3 N–H and O–H groups in total. The van der Waals surface area contributed by atoms with Crippen molar-refractivity contribution in [3.63, 3.8) is 0 Å². The summed E-state index contributed by atoms with van der Waals surface area (Å²) in [5.41, 5.74) is 8.83. The van der Waals surface area contributed by atoms with Crippen LogP contribution < -0.4 is 11.1 Å². The number of hydrogen-bond donors (Lipinski definition) is 2. The van der Waals surface area contributed by atoms with Crippen molar-refractivity contribution < 1.29 is 14.3 Å². The van der Waals surface area contributed by atoms with Crippen molar-refractivity contribution >= 4 is 46.7 Å². The second-order valence-corrected chi connectivity index (χ2v) is 11.7. The van der Waals surface area contributed by atoms with E-state index in [1.807, 2.05) is 69.4 Å². The molecule has 2 aromatic carbocycles. The van der Waals surface area contributed by atoms with E-state index in [9.17, 15) is 9.59 Å². The highest BCUT2D eigenvalue weighted by Gasteiger charge is 2.27. The monoisotopic (exact) mass is 525 g/mol. The summed E-state index contributed by atoms with van der Waals surface area (Å²) in [4.78, 5) is 32.5. The molecule has 190 valence electrons. The molecule has 0 radical (unpaired) electrons. The molecule has 10 heteroatoms. The highest BCUT2D eigenvalue weighted by Crippen LogP contribution is 2.40. The summed E-state index contributed by atoms with van der Waals surface area (Å²) in [5.74, 6) is -0.117. The number of thiazole rings is 1. The molecule has 1 aliphatic rings. The minimum absolute atomic E-state index is 0.117. The van der Waals surface area contributed by atoms with Gasteiger partial charge in [-0.25, -0.2) is 14.1 Å². The van der Waals surface area contributed by atoms with Gasteiger partial charge in [0, 0.05) is 66.7 Å². The summed E-state index contributed by atoms with van der Waals surface area (Å²) in [6.07, 6.45) is 1.61. The van der Waals surface area contributed by atoms with Crippen molar-refractivity contribution in [2.75, 3.05) is 37.2 Å². The Morgan fingerprint density at radius 1 is 1.08 bits per heavy atom. The van der Waals surface area contributed by atoms with Crippen molar-refractivity contribution in [2.24, 2.45) is 0 Å². The van der Waals surface area contributed by atoms with Crippen molar-refractivity contribution in [3.8, 4) is 21.0 Å². The molecule has 36 heavy (non-hydrogen) atoms. The fraction of sp³-hybridized carbons (Fsp3) is 0.346. The van der Waals surface area contributed by atoms with Crippen LogP contribution in [0, 0.1) is 0 Å². The van der Waals surface area contributed by atoms with E-state index in [4.69, 9.17) is 10.5 Å². The van der Waals surface area contributed by atoms with E-state index >= 15 is 0 Å². The molecule has 0 bridgehead atoms. The quantitative estimate of drug-likeness (QED) is 0.331. The molecule has 0 aliphatic carbocycles. The molecule has 1 aromatic heterocycles. The maximum atomic E-state index is 12.4. The Hall–Kier alpha value is -3.08. The van der Waals surface area contributed by atoms with Crippen LogP contribution in [0.5, 0.6) is 0 Å². The van der Waals surface area contributed by atoms with E-state index in [0.29, 0.717) is 26.2 Å². The summed E-state index contributed by atoms with van der Waals surface area (Å²) >= 11 is 3.24. The summed E-state index contributed by atoms with van der Waals surface area (Å²) in [6, 6.07) is 13.6. The van der Waals surface area contributed by atoms with Crippen LogP contribution in [0.2, 0.25) is 0 Å². The average Bonchev–Trinajstić information content (AvgIpc) is 3.29. The number of benzene rings is 2. The zero-order chi connectivity index (χ0) is 25.9. The molecular formula is C26H31N5O3S2. The molecule has 1 aliphatic heterocycles. The standard InChI is InChI=1S/C26H31N5O3S2/c1-17(32)29-20-9-10-21(23-16-28-24(35-23)18-5-7-19(27)8-6-18)22(15-20)36-31-13-11-30(12-14-31)25(33)34-26(2,3)4/h5-10,15-16H,11-14,27H2,1-4H3,(H,29,32). The lowest BCUT2D eigenvalue weighted by atomic mass is 10.2. The number of nitrogen functional groups attached to an aromatic ring is 1. The molecule has 0 atom stereocenters. The maximum Gasteiger partial charge on any atom is 0.410 e. The van der Waals surface area contributed by atoms with Gasteiger partial charge in [0.1, 0.15) is 10.6 Å². The zero-order valence-electron chi connectivity index (χ0n) is 20.9. The molecule has 2 amide bonds. The van der Waals surface area contributed by atoms with Gasteiger partial charge in [-0.3, -0.25) is 4.79 Å². The average molecular weight is 526 g/mol. The minimum atomic E-state index is -0.512. The predicted octanol–water partition coefficient (Wildman–Crippen LogP) is 5.58. The molecule has 4 rings (SSSR count). The number of carbonyl (C=O) groups is 2. The van der Waals surface area contributed by atoms with E-state index in [-0.39, 0.29) is 12.0 Å². The third-order valence-corrected chi connectivity index (χ3v) is 7.59. The molecular weight excluding hydrogens is 494 g/mol.